The van der Waals surface area contributed by atoms with Gasteiger partial charge in [0.25, 0.3) is 0 Å². The van der Waals surface area contributed by atoms with E-state index in [4.69, 9.17) is 0 Å². The lowest BCUT2D eigenvalue weighted by Crippen LogP contribution is -1.94. The minimum Gasteiger partial charge on any atom is -0.508 e. The Morgan fingerprint density at radius 2 is 1.54 bits per heavy atom. The molecule has 13 heavy (non-hydrogen) atoms. The molecule has 0 aliphatic rings. The molecule has 2 nitrogen and oxygen atoms in total. The Balaban J connectivity index is 3.11. The third-order valence-electron chi connectivity index (χ3n) is 2.11. The van der Waals surface area contributed by atoms with Gasteiger partial charge in [-0.1, -0.05) is 19.9 Å². The molecule has 2 N–H and O–H groups in total. The van der Waals surface area contributed by atoms with E-state index in [9.17, 15) is 10.2 Å². The van der Waals surface area contributed by atoms with Crippen molar-refractivity contribution in [2.75, 3.05) is 0 Å². The van der Waals surface area contributed by atoms with E-state index >= 15 is 0 Å². The summed E-state index contributed by atoms with van der Waals surface area (Å²) >= 11 is 0. The minimum atomic E-state index is -0.524. The van der Waals surface area contributed by atoms with Crippen LogP contribution in [-0.2, 0) is 0 Å². The lowest BCUT2D eigenvalue weighted by molar-refractivity contribution is 0.198. The molecule has 0 heterocycles. The highest BCUT2D eigenvalue weighted by atomic mass is 16.3. The van der Waals surface area contributed by atoms with Crippen molar-refractivity contribution >= 4 is 0 Å². The quantitative estimate of drug-likeness (QED) is 0.734. The number of aromatic hydroxyl groups is 1. The van der Waals surface area contributed by atoms with Crippen molar-refractivity contribution in [3.05, 3.63) is 29.3 Å². The van der Waals surface area contributed by atoms with E-state index < -0.39 is 6.10 Å². The second-order valence-corrected chi connectivity index (χ2v) is 3.69. The molecule has 1 atom stereocenters. The Kier molecular flexibility index (Phi) is 2.94. The number of rotatable bonds is 2. The van der Waals surface area contributed by atoms with Crippen LogP contribution in [0, 0.1) is 0 Å². The Morgan fingerprint density at radius 3 is 2.00 bits per heavy atom. The van der Waals surface area contributed by atoms with E-state index in [1.54, 1.807) is 19.1 Å². The van der Waals surface area contributed by atoms with Crippen molar-refractivity contribution in [2.45, 2.75) is 32.8 Å². The van der Waals surface area contributed by atoms with E-state index in [0.717, 1.165) is 11.1 Å². The van der Waals surface area contributed by atoms with Crippen molar-refractivity contribution in [1.82, 2.24) is 0 Å². The highest BCUT2D eigenvalue weighted by Crippen LogP contribution is 2.25. The number of phenols is 1. The molecule has 0 radical (unpaired) electrons. The van der Waals surface area contributed by atoms with Crippen molar-refractivity contribution in [3.8, 4) is 5.75 Å². The van der Waals surface area contributed by atoms with Crippen LogP contribution in [0.4, 0.5) is 0 Å². The predicted molar refractivity (Wildman–Crippen MR) is 52.8 cm³/mol. The molecule has 0 aliphatic carbocycles. The van der Waals surface area contributed by atoms with E-state index in [1.165, 1.54) is 0 Å². The van der Waals surface area contributed by atoms with Crippen molar-refractivity contribution in [1.29, 1.82) is 0 Å². The van der Waals surface area contributed by atoms with Gasteiger partial charge in [0.1, 0.15) is 5.75 Å². The summed E-state index contributed by atoms with van der Waals surface area (Å²) in [5, 5.41) is 18.7. The fourth-order valence-electron chi connectivity index (χ4n) is 1.23. The summed E-state index contributed by atoms with van der Waals surface area (Å²) in [6, 6.07) is 5.25. The van der Waals surface area contributed by atoms with Crippen LogP contribution in [0.1, 0.15) is 43.9 Å². The lowest BCUT2D eigenvalue weighted by atomic mass is 9.98. The third-order valence-corrected chi connectivity index (χ3v) is 2.11. The maximum Gasteiger partial charge on any atom is 0.116 e. The van der Waals surface area contributed by atoms with E-state index in [-0.39, 0.29) is 5.75 Å². The van der Waals surface area contributed by atoms with Crippen LogP contribution >= 0.6 is 0 Å². The Hall–Kier alpha value is -1.02. The molecule has 1 unspecified atom stereocenters. The zero-order valence-corrected chi connectivity index (χ0v) is 8.28. The summed E-state index contributed by atoms with van der Waals surface area (Å²) in [6.07, 6.45) is -0.524. The van der Waals surface area contributed by atoms with Crippen LogP contribution in [0.25, 0.3) is 0 Å². The van der Waals surface area contributed by atoms with E-state index in [0.29, 0.717) is 5.92 Å². The summed E-state index contributed by atoms with van der Waals surface area (Å²) in [6.45, 7) is 5.81. The second-order valence-electron chi connectivity index (χ2n) is 3.69. The molecule has 1 rings (SSSR count). The van der Waals surface area contributed by atoms with Gasteiger partial charge in [-0.05, 0) is 36.1 Å². The Labute approximate surface area is 78.8 Å². The Morgan fingerprint density at radius 1 is 1.00 bits per heavy atom. The highest BCUT2D eigenvalue weighted by Gasteiger charge is 2.06. The third kappa shape index (κ3) is 2.46. The molecule has 0 bridgehead atoms. The first-order chi connectivity index (χ1) is 6.00. The number of aliphatic hydroxyl groups is 1. The van der Waals surface area contributed by atoms with Crippen LogP contribution in [0.2, 0.25) is 0 Å². The summed E-state index contributed by atoms with van der Waals surface area (Å²) in [5.74, 6) is 0.590. The van der Waals surface area contributed by atoms with E-state index in [2.05, 4.69) is 13.8 Å². The fraction of sp³-hybridized carbons (Fsp3) is 0.455. The average Bonchev–Trinajstić information content (AvgIpc) is 2.03. The molecule has 0 saturated carbocycles. The zero-order chi connectivity index (χ0) is 10.0. The fourth-order valence-corrected chi connectivity index (χ4v) is 1.23. The molecule has 0 amide bonds. The summed E-state index contributed by atoms with van der Waals surface area (Å²) in [7, 11) is 0. The molecule has 0 fully saturated rings. The van der Waals surface area contributed by atoms with Crippen LogP contribution in [-0.4, -0.2) is 10.2 Å². The number of aliphatic hydroxyl groups excluding tert-OH is 1. The first kappa shape index (κ1) is 10.1. The van der Waals surface area contributed by atoms with Gasteiger partial charge < -0.3 is 10.2 Å². The smallest absolute Gasteiger partial charge is 0.116 e. The van der Waals surface area contributed by atoms with Gasteiger partial charge in [-0.15, -0.1) is 0 Å². The van der Waals surface area contributed by atoms with Gasteiger partial charge in [0, 0.05) is 0 Å². The molecular formula is C11H16O2. The second kappa shape index (κ2) is 3.79. The lowest BCUT2D eigenvalue weighted by Gasteiger charge is -2.11. The number of hydrogen-bond acceptors (Lipinski definition) is 2. The maximum absolute atomic E-state index is 9.38. The number of hydrogen-bond donors (Lipinski definition) is 2. The molecule has 1 aromatic carbocycles. The van der Waals surface area contributed by atoms with Gasteiger partial charge in [-0.25, -0.2) is 0 Å². The molecule has 0 saturated heterocycles. The van der Waals surface area contributed by atoms with Crippen LogP contribution in [0.15, 0.2) is 18.2 Å². The Bertz CT molecular complexity index is 264. The standard InChI is InChI=1S/C11H16O2/c1-7(2)9-4-10(8(3)12)6-11(13)5-9/h4-8,12-13H,1-3H3. The summed E-state index contributed by atoms with van der Waals surface area (Å²) in [5.41, 5.74) is 1.82. The van der Waals surface area contributed by atoms with Crippen molar-refractivity contribution in [2.24, 2.45) is 0 Å². The minimum absolute atomic E-state index is 0.224. The van der Waals surface area contributed by atoms with Crippen LogP contribution in [0.5, 0.6) is 5.75 Å². The molecule has 0 aromatic heterocycles. The van der Waals surface area contributed by atoms with Gasteiger partial charge in [0.15, 0.2) is 0 Å². The first-order valence-electron chi connectivity index (χ1n) is 4.52. The monoisotopic (exact) mass is 180 g/mol. The average molecular weight is 180 g/mol. The van der Waals surface area contributed by atoms with Gasteiger partial charge in [0.2, 0.25) is 0 Å². The summed E-state index contributed by atoms with van der Waals surface area (Å²) in [4.78, 5) is 0. The molecule has 72 valence electrons. The largest absolute Gasteiger partial charge is 0.508 e. The summed E-state index contributed by atoms with van der Waals surface area (Å²) < 4.78 is 0. The van der Waals surface area contributed by atoms with Gasteiger partial charge in [-0.3, -0.25) is 0 Å². The van der Waals surface area contributed by atoms with Crippen LogP contribution < -0.4 is 0 Å². The molecular weight excluding hydrogens is 164 g/mol. The van der Waals surface area contributed by atoms with Gasteiger partial charge >= 0.3 is 0 Å². The molecule has 0 spiro atoms. The van der Waals surface area contributed by atoms with E-state index in [1.807, 2.05) is 6.07 Å². The number of benzene rings is 1. The van der Waals surface area contributed by atoms with Crippen LogP contribution in [0.3, 0.4) is 0 Å². The molecule has 0 aliphatic heterocycles. The van der Waals surface area contributed by atoms with Crippen molar-refractivity contribution in [3.63, 3.8) is 0 Å². The number of phenolic OH excluding ortho intramolecular Hbond substituents is 1. The first-order valence-corrected chi connectivity index (χ1v) is 4.52. The maximum atomic E-state index is 9.38. The predicted octanol–water partition coefficient (Wildman–Crippen LogP) is 2.57. The van der Waals surface area contributed by atoms with Gasteiger partial charge in [0.05, 0.1) is 6.10 Å². The molecule has 1 aromatic rings. The van der Waals surface area contributed by atoms with Gasteiger partial charge in [-0.2, -0.15) is 0 Å². The van der Waals surface area contributed by atoms with Crippen molar-refractivity contribution < 1.29 is 10.2 Å². The normalized spacial score (nSPS) is 13.3. The highest BCUT2D eigenvalue weighted by molar-refractivity contribution is 5.35. The SMILES string of the molecule is CC(C)c1cc(O)cc(C(C)O)c1. The topological polar surface area (TPSA) is 40.5 Å². The molecule has 2 heteroatoms. The zero-order valence-electron chi connectivity index (χ0n) is 8.28.